The molecule has 0 unspecified atom stereocenters. The van der Waals surface area contributed by atoms with Gasteiger partial charge in [-0.15, -0.1) is 0 Å². The van der Waals surface area contributed by atoms with E-state index in [0.29, 0.717) is 10.7 Å². The average Bonchev–Trinajstić information content (AvgIpc) is 2.45. The van der Waals surface area contributed by atoms with Gasteiger partial charge in [-0.25, -0.2) is 4.98 Å². The monoisotopic (exact) mass is 314 g/mol. The molecule has 1 rings (SSSR count). The lowest BCUT2D eigenvalue weighted by Crippen LogP contribution is -2.24. The van der Waals surface area contributed by atoms with E-state index in [4.69, 9.17) is 11.6 Å². The minimum Gasteiger partial charge on any atom is -0.352 e. The minimum absolute atomic E-state index is 0.0619. The summed E-state index contributed by atoms with van der Waals surface area (Å²) >= 11 is 7.80. The predicted molar refractivity (Wildman–Crippen MR) is 87.8 cm³/mol. The molecule has 0 saturated carbocycles. The Morgan fingerprint density at radius 3 is 2.75 bits per heavy atom. The number of nitrogens with zero attached hydrogens (tertiary/aromatic N) is 1. The van der Waals surface area contributed by atoms with Crippen LogP contribution in [0.2, 0.25) is 5.15 Å². The first-order valence-electron chi connectivity index (χ1n) is 7.11. The van der Waals surface area contributed by atoms with Crippen molar-refractivity contribution in [2.75, 3.05) is 18.6 Å². The summed E-state index contributed by atoms with van der Waals surface area (Å²) in [6, 6.07) is 3.42. The van der Waals surface area contributed by atoms with Crippen molar-refractivity contribution in [1.82, 2.24) is 10.3 Å². The molecular formula is C15H23ClN2OS. The van der Waals surface area contributed by atoms with Gasteiger partial charge in [-0.05, 0) is 43.4 Å². The Morgan fingerprint density at radius 2 is 2.05 bits per heavy atom. The molecule has 0 aliphatic heterocycles. The molecule has 112 valence electrons. The third-order valence-electron chi connectivity index (χ3n) is 3.03. The van der Waals surface area contributed by atoms with Crippen molar-refractivity contribution in [3.8, 4) is 0 Å². The molecule has 1 N–H and O–H groups in total. The molecule has 0 aliphatic rings. The van der Waals surface area contributed by atoms with Crippen molar-refractivity contribution in [3.63, 3.8) is 0 Å². The van der Waals surface area contributed by atoms with Crippen molar-refractivity contribution in [1.29, 1.82) is 0 Å². The van der Waals surface area contributed by atoms with Gasteiger partial charge in [0.1, 0.15) is 5.15 Å². The molecular weight excluding hydrogens is 292 g/mol. The third-order valence-corrected chi connectivity index (χ3v) is 3.92. The third kappa shape index (κ3) is 6.62. The van der Waals surface area contributed by atoms with Crippen molar-refractivity contribution >= 4 is 29.3 Å². The molecule has 0 aliphatic carbocycles. The highest BCUT2D eigenvalue weighted by Gasteiger charge is 2.08. The maximum Gasteiger partial charge on any atom is 0.251 e. The highest BCUT2D eigenvalue weighted by atomic mass is 35.5. The van der Waals surface area contributed by atoms with Crippen LogP contribution in [-0.4, -0.2) is 29.4 Å². The quantitative estimate of drug-likeness (QED) is 0.554. The fraction of sp³-hybridized carbons (Fsp3) is 0.600. The summed E-state index contributed by atoms with van der Waals surface area (Å²) in [5, 5.41) is 3.32. The number of amides is 1. The van der Waals surface area contributed by atoms with Crippen molar-refractivity contribution < 1.29 is 4.79 Å². The Kier molecular flexibility index (Phi) is 8.70. The molecule has 1 aromatic heterocycles. The van der Waals surface area contributed by atoms with Crippen molar-refractivity contribution in [2.45, 2.75) is 39.0 Å². The van der Waals surface area contributed by atoms with Crippen LogP contribution in [-0.2, 0) is 6.42 Å². The van der Waals surface area contributed by atoms with E-state index < -0.39 is 0 Å². The number of thioether (sulfide) groups is 1. The Labute approximate surface area is 130 Å². The van der Waals surface area contributed by atoms with Crippen LogP contribution in [0.5, 0.6) is 0 Å². The van der Waals surface area contributed by atoms with E-state index in [1.807, 2.05) is 18.7 Å². The first-order chi connectivity index (χ1) is 9.67. The van der Waals surface area contributed by atoms with Crippen LogP contribution in [0.4, 0.5) is 0 Å². The summed E-state index contributed by atoms with van der Waals surface area (Å²) < 4.78 is 0. The van der Waals surface area contributed by atoms with E-state index >= 15 is 0 Å². The molecule has 0 bridgehead atoms. The van der Waals surface area contributed by atoms with Crippen LogP contribution in [0.1, 0.15) is 48.7 Å². The van der Waals surface area contributed by atoms with Gasteiger partial charge in [0.2, 0.25) is 0 Å². The number of hydrogen-bond donors (Lipinski definition) is 1. The number of unbranched alkanes of at least 4 members (excludes halogenated alkanes) is 3. The normalized spacial score (nSPS) is 10.6. The second-order valence-electron chi connectivity index (χ2n) is 4.69. The van der Waals surface area contributed by atoms with Crippen LogP contribution in [0.15, 0.2) is 12.1 Å². The van der Waals surface area contributed by atoms with E-state index in [2.05, 4.69) is 16.6 Å². The average molecular weight is 315 g/mol. The van der Waals surface area contributed by atoms with Crippen molar-refractivity contribution in [2.24, 2.45) is 0 Å². The van der Waals surface area contributed by atoms with Gasteiger partial charge in [0.05, 0.1) is 0 Å². The zero-order valence-corrected chi connectivity index (χ0v) is 13.8. The lowest BCUT2D eigenvalue weighted by atomic mass is 10.2. The fourth-order valence-corrected chi connectivity index (χ4v) is 2.61. The highest BCUT2D eigenvalue weighted by Crippen LogP contribution is 2.11. The molecule has 0 atom stereocenters. The lowest BCUT2D eigenvalue weighted by Gasteiger charge is -2.07. The van der Waals surface area contributed by atoms with Gasteiger partial charge in [-0.3, -0.25) is 4.79 Å². The van der Waals surface area contributed by atoms with Crippen LogP contribution in [0.3, 0.4) is 0 Å². The number of nitrogens with one attached hydrogen (secondary N) is 1. The summed E-state index contributed by atoms with van der Waals surface area (Å²) in [7, 11) is 0. The number of halogens is 1. The largest absolute Gasteiger partial charge is 0.352 e. The number of hydrogen-bond acceptors (Lipinski definition) is 3. The predicted octanol–water partition coefficient (Wildman–Crippen LogP) is 3.95. The number of carbonyl (C=O) groups excluding carboxylic acids is 1. The van der Waals surface area contributed by atoms with Crippen LogP contribution in [0, 0.1) is 0 Å². The van der Waals surface area contributed by atoms with Crippen molar-refractivity contribution in [3.05, 3.63) is 28.5 Å². The molecule has 3 nitrogen and oxygen atoms in total. The standard InChI is InChI=1S/C15H23ClN2OS/c1-3-13-10-12(11-14(16)18-13)15(19)17-8-6-4-5-7-9-20-2/h10-11H,3-9H2,1-2H3,(H,17,19). The minimum atomic E-state index is -0.0619. The van der Waals surface area contributed by atoms with Crippen LogP contribution >= 0.6 is 23.4 Å². The molecule has 1 amide bonds. The maximum atomic E-state index is 12.0. The zero-order chi connectivity index (χ0) is 14.8. The molecule has 1 aromatic rings. The highest BCUT2D eigenvalue weighted by molar-refractivity contribution is 7.98. The molecule has 0 fully saturated rings. The zero-order valence-electron chi connectivity index (χ0n) is 12.2. The molecule has 0 spiro atoms. The molecule has 0 radical (unpaired) electrons. The van der Waals surface area contributed by atoms with Crippen LogP contribution in [0.25, 0.3) is 0 Å². The molecule has 5 heteroatoms. The smallest absolute Gasteiger partial charge is 0.251 e. The van der Waals surface area contributed by atoms with Gasteiger partial charge in [0.15, 0.2) is 0 Å². The second kappa shape index (κ2) is 10.1. The van der Waals surface area contributed by atoms with Gasteiger partial charge in [-0.2, -0.15) is 11.8 Å². The van der Waals surface area contributed by atoms with E-state index in [0.717, 1.165) is 31.5 Å². The SMILES string of the molecule is CCc1cc(C(=O)NCCCCCCSC)cc(Cl)n1. The summed E-state index contributed by atoms with van der Waals surface area (Å²) in [6.45, 7) is 2.72. The molecule has 20 heavy (non-hydrogen) atoms. The van der Waals surface area contributed by atoms with E-state index in [1.165, 1.54) is 18.6 Å². The maximum absolute atomic E-state index is 12.0. The van der Waals surface area contributed by atoms with Gasteiger partial charge < -0.3 is 5.32 Å². The summed E-state index contributed by atoms with van der Waals surface area (Å²) in [4.78, 5) is 16.2. The van der Waals surface area contributed by atoms with E-state index in [-0.39, 0.29) is 5.91 Å². The number of aromatic nitrogens is 1. The van der Waals surface area contributed by atoms with E-state index in [1.54, 1.807) is 12.1 Å². The summed E-state index contributed by atoms with van der Waals surface area (Å²) in [5.41, 5.74) is 1.45. The summed E-state index contributed by atoms with van der Waals surface area (Å²) in [5.74, 6) is 1.16. The number of carbonyl (C=O) groups is 1. The van der Waals surface area contributed by atoms with Gasteiger partial charge in [0, 0.05) is 17.8 Å². The first kappa shape index (κ1) is 17.3. The lowest BCUT2D eigenvalue weighted by molar-refractivity contribution is 0.0952. The molecule has 0 aromatic carbocycles. The number of rotatable bonds is 9. The van der Waals surface area contributed by atoms with Gasteiger partial charge >= 0.3 is 0 Å². The fourth-order valence-electron chi connectivity index (χ4n) is 1.89. The molecule has 1 heterocycles. The molecule has 0 saturated heterocycles. The Balaban J connectivity index is 2.30. The van der Waals surface area contributed by atoms with E-state index in [9.17, 15) is 4.79 Å². The van der Waals surface area contributed by atoms with Crippen LogP contribution < -0.4 is 5.32 Å². The second-order valence-corrected chi connectivity index (χ2v) is 6.06. The number of aryl methyl sites for hydroxylation is 1. The first-order valence-corrected chi connectivity index (χ1v) is 8.88. The number of pyridine rings is 1. The Morgan fingerprint density at radius 1 is 1.30 bits per heavy atom. The van der Waals surface area contributed by atoms with Gasteiger partial charge in [-0.1, -0.05) is 31.4 Å². The topological polar surface area (TPSA) is 42.0 Å². The van der Waals surface area contributed by atoms with Gasteiger partial charge in [0.25, 0.3) is 5.91 Å². The Bertz CT molecular complexity index is 426. The summed E-state index contributed by atoms with van der Waals surface area (Å²) in [6.07, 6.45) is 7.59. The Hall–Kier alpha value is -0.740.